The summed E-state index contributed by atoms with van der Waals surface area (Å²) in [7, 11) is 0. The number of halogens is 1. The summed E-state index contributed by atoms with van der Waals surface area (Å²) in [6.07, 6.45) is 5.88. The first kappa shape index (κ1) is 14.2. The van der Waals surface area contributed by atoms with Gasteiger partial charge in [0, 0.05) is 30.4 Å². The molecule has 3 aromatic rings. The van der Waals surface area contributed by atoms with E-state index in [0.717, 1.165) is 48.2 Å². The molecule has 1 fully saturated rings. The summed E-state index contributed by atoms with van der Waals surface area (Å²) in [6.45, 7) is 3.93. The molecule has 1 saturated heterocycles. The molecular formula is C18H19FN4. The smallest absolute Gasteiger partial charge is 0.136 e. The number of nitrogens with one attached hydrogen (secondary N) is 1. The van der Waals surface area contributed by atoms with Gasteiger partial charge in [-0.3, -0.25) is 5.10 Å². The lowest BCUT2D eigenvalue weighted by atomic mass is 9.90. The molecule has 4 rings (SSSR count). The predicted molar refractivity (Wildman–Crippen MR) is 89.2 cm³/mol. The third-order valence-electron chi connectivity index (χ3n) is 4.81. The first-order valence-electron chi connectivity index (χ1n) is 8.01. The number of benzene rings is 1. The van der Waals surface area contributed by atoms with Crippen molar-refractivity contribution in [2.75, 3.05) is 18.0 Å². The summed E-state index contributed by atoms with van der Waals surface area (Å²) in [5.41, 5.74) is 2.48. The molecule has 1 aromatic carbocycles. The van der Waals surface area contributed by atoms with E-state index >= 15 is 0 Å². The fourth-order valence-electron chi connectivity index (χ4n) is 3.55. The van der Waals surface area contributed by atoms with Crippen LogP contribution in [0.4, 0.5) is 10.2 Å². The van der Waals surface area contributed by atoms with Gasteiger partial charge in [0.2, 0.25) is 0 Å². The molecule has 0 unspecified atom stereocenters. The van der Waals surface area contributed by atoms with E-state index in [-0.39, 0.29) is 5.82 Å². The number of piperidine rings is 1. The molecule has 0 atom stereocenters. The lowest BCUT2D eigenvalue weighted by molar-refractivity contribution is 0.502. The number of anilines is 1. The molecule has 1 N–H and O–H groups in total. The SMILES string of the molecule is Cc1[nH]ncc1C1CCN(c2nccc3ccc(F)cc23)CC1. The molecule has 1 aliphatic rings. The molecule has 2 aromatic heterocycles. The van der Waals surface area contributed by atoms with Crippen LogP contribution in [0.3, 0.4) is 0 Å². The molecule has 3 heterocycles. The molecule has 5 heteroatoms. The average molecular weight is 310 g/mol. The van der Waals surface area contributed by atoms with E-state index in [1.54, 1.807) is 6.07 Å². The van der Waals surface area contributed by atoms with Crippen molar-refractivity contribution in [3.05, 3.63) is 53.7 Å². The molecule has 118 valence electrons. The molecule has 0 saturated carbocycles. The Morgan fingerprint density at radius 1 is 1.22 bits per heavy atom. The number of H-pyrrole nitrogens is 1. The van der Waals surface area contributed by atoms with Crippen LogP contribution in [0.25, 0.3) is 10.8 Å². The molecule has 0 spiro atoms. The van der Waals surface area contributed by atoms with Crippen molar-refractivity contribution in [2.45, 2.75) is 25.7 Å². The van der Waals surface area contributed by atoms with Crippen LogP contribution in [0.5, 0.6) is 0 Å². The number of hydrogen-bond acceptors (Lipinski definition) is 3. The van der Waals surface area contributed by atoms with Crippen molar-refractivity contribution in [1.82, 2.24) is 15.2 Å². The summed E-state index contributed by atoms with van der Waals surface area (Å²) in [5.74, 6) is 1.22. The van der Waals surface area contributed by atoms with Crippen LogP contribution < -0.4 is 4.90 Å². The molecule has 0 bridgehead atoms. The first-order valence-corrected chi connectivity index (χ1v) is 8.01. The van der Waals surface area contributed by atoms with Gasteiger partial charge in [-0.15, -0.1) is 0 Å². The van der Waals surface area contributed by atoms with Crippen molar-refractivity contribution in [1.29, 1.82) is 0 Å². The summed E-state index contributed by atoms with van der Waals surface area (Å²) in [6, 6.07) is 6.83. The van der Waals surface area contributed by atoms with Gasteiger partial charge in [-0.2, -0.15) is 5.10 Å². The zero-order chi connectivity index (χ0) is 15.8. The molecular weight excluding hydrogens is 291 g/mol. The van der Waals surface area contributed by atoms with E-state index < -0.39 is 0 Å². The minimum Gasteiger partial charge on any atom is -0.356 e. The molecule has 1 aliphatic heterocycles. The van der Waals surface area contributed by atoms with Crippen LogP contribution in [0.15, 0.2) is 36.7 Å². The Morgan fingerprint density at radius 2 is 2.04 bits per heavy atom. The Hall–Kier alpha value is -2.43. The van der Waals surface area contributed by atoms with Crippen LogP contribution in [-0.4, -0.2) is 28.3 Å². The third-order valence-corrected chi connectivity index (χ3v) is 4.81. The van der Waals surface area contributed by atoms with Gasteiger partial charge in [0.05, 0.1) is 6.20 Å². The van der Waals surface area contributed by atoms with E-state index in [4.69, 9.17) is 0 Å². The maximum Gasteiger partial charge on any atom is 0.136 e. The number of aryl methyl sites for hydroxylation is 1. The van der Waals surface area contributed by atoms with E-state index in [0.29, 0.717) is 5.92 Å². The van der Waals surface area contributed by atoms with Crippen molar-refractivity contribution < 1.29 is 4.39 Å². The normalized spacial score (nSPS) is 16.2. The molecule has 0 amide bonds. The minimum atomic E-state index is -0.212. The third kappa shape index (κ3) is 2.56. The average Bonchev–Trinajstić information content (AvgIpc) is 3.00. The van der Waals surface area contributed by atoms with E-state index in [9.17, 15) is 4.39 Å². The highest BCUT2D eigenvalue weighted by Gasteiger charge is 2.24. The number of rotatable bonds is 2. The Morgan fingerprint density at radius 3 is 2.78 bits per heavy atom. The second-order valence-corrected chi connectivity index (χ2v) is 6.21. The number of fused-ring (bicyclic) bond motifs is 1. The van der Waals surface area contributed by atoms with Crippen molar-refractivity contribution in [3.63, 3.8) is 0 Å². The van der Waals surface area contributed by atoms with Gasteiger partial charge < -0.3 is 4.90 Å². The summed E-state index contributed by atoms with van der Waals surface area (Å²) in [5, 5.41) is 9.08. The Kier molecular flexibility index (Phi) is 3.48. The fourth-order valence-corrected chi connectivity index (χ4v) is 3.55. The first-order chi connectivity index (χ1) is 11.2. The number of nitrogens with zero attached hydrogens (tertiary/aromatic N) is 3. The number of aromatic amines is 1. The second kappa shape index (κ2) is 5.65. The zero-order valence-electron chi connectivity index (χ0n) is 13.1. The molecule has 0 radical (unpaired) electrons. The molecule has 0 aliphatic carbocycles. The lowest BCUT2D eigenvalue weighted by Gasteiger charge is -2.33. The summed E-state index contributed by atoms with van der Waals surface area (Å²) >= 11 is 0. The lowest BCUT2D eigenvalue weighted by Crippen LogP contribution is -2.33. The Bertz CT molecular complexity index is 834. The standard InChI is InChI=1S/C18H19FN4/c1-12-17(11-21-22-12)14-5-8-23(9-6-14)18-16-10-15(19)3-2-13(16)4-7-20-18/h2-4,7,10-11,14H,5-6,8-9H2,1H3,(H,21,22). The van der Waals surface area contributed by atoms with Gasteiger partial charge in [0.25, 0.3) is 0 Å². The summed E-state index contributed by atoms with van der Waals surface area (Å²) < 4.78 is 13.6. The topological polar surface area (TPSA) is 44.8 Å². The van der Waals surface area contributed by atoms with Crippen LogP contribution in [0.1, 0.15) is 30.0 Å². The predicted octanol–water partition coefficient (Wildman–Crippen LogP) is 3.79. The highest BCUT2D eigenvalue weighted by atomic mass is 19.1. The van der Waals surface area contributed by atoms with E-state index in [2.05, 4.69) is 27.0 Å². The number of hydrogen-bond donors (Lipinski definition) is 1. The second-order valence-electron chi connectivity index (χ2n) is 6.21. The largest absolute Gasteiger partial charge is 0.356 e. The monoisotopic (exact) mass is 310 g/mol. The van der Waals surface area contributed by atoms with Crippen LogP contribution in [-0.2, 0) is 0 Å². The van der Waals surface area contributed by atoms with Crippen LogP contribution in [0, 0.1) is 12.7 Å². The van der Waals surface area contributed by atoms with Crippen molar-refractivity contribution in [2.24, 2.45) is 0 Å². The number of aromatic nitrogens is 3. The van der Waals surface area contributed by atoms with Gasteiger partial charge in [0.1, 0.15) is 11.6 Å². The van der Waals surface area contributed by atoms with Crippen LogP contribution >= 0.6 is 0 Å². The van der Waals surface area contributed by atoms with E-state index in [1.807, 2.05) is 24.5 Å². The quantitative estimate of drug-likeness (QED) is 0.783. The van der Waals surface area contributed by atoms with Gasteiger partial charge in [-0.1, -0.05) is 6.07 Å². The Balaban J connectivity index is 1.59. The van der Waals surface area contributed by atoms with Crippen LogP contribution in [0.2, 0.25) is 0 Å². The van der Waals surface area contributed by atoms with Gasteiger partial charge >= 0.3 is 0 Å². The highest BCUT2D eigenvalue weighted by molar-refractivity contribution is 5.92. The van der Waals surface area contributed by atoms with Gasteiger partial charge in [-0.25, -0.2) is 9.37 Å². The molecule has 23 heavy (non-hydrogen) atoms. The Labute approximate surface area is 134 Å². The maximum atomic E-state index is 13.6. The zero-order valence-corrected chi connectivity index (χ0v) is 13.1. The highest BCUT2D eigenvalue weighted by Crippen LogP contribution is 2.33. The minimum absolute atomic E-state index is 0.212. The van der Waals surface area contributed by atoms with Crippen molar-refractivity contribution >= 4 is 16.6 Å². The van der Waals surface area contributed by atoms with Gasteiger partial charge in [-0.05, 0) is 54.8 Å². The molecule has 4 nitrogen and oxygen atoms in total. The van der Waals surface area contributed by atoms with Crippen molar-refractivity contribution in [3.8, 4) is 0 Å². The van der Waals surface area contributed by atoms with E-state index in [1.165, 1.54) is 11.6 Å². The maximum absolute atomic E-state index is 13.6. The van der Waals surface area contributed by atoms with Gasteiger partial charge in [0.15, 0.2) is 0 Å². The number of pyridine rings is 1. The fraction of sp³-hybridized carbons (Fsp3) is 0.333. The summed E-state index contributed by atoms with van der Waals surface area (Å²) in [4.78, 5) is 6.79.